The van der Waals surface area contributed by atoms with Crippen molar-refractivity contribution in [2.24, 2.45) is 0 Å². The highest BCUT2D eigenvalue weighted by atomic mass is 79.9. The fourth-order valence-corrected chi connectivity index (χ4v) is 2.58. The van der Waals surface area contributed by atoms with E-state index in [-0.39, 0.29) is 11.9 Å². The Hall–Kier alpha value is -1.01. The van der Waals surface area contributed by atoms with Gasteiger partial charge in [-0.3, -0.25) is 0 Å². The highest BCUT2D eigenvalue weighted by Gasteiger charge is 2.35. The maximum Gasteiger partial charge on any atom is 0.434 e. The molecule has 1 aromatic heterocycles. The lowest BCUT2D eigenvalue weighted by Gasteiger charge is -2.12. The van der Waals surface area contributed by atoms with Crippen LogP contribution in [0.3, 0.4) is 0 Å². The lowest BCUT2D eigenvalue weighted by atomic mass is 10.1. The summed E-state index contributed by atoms with van der Waals surface area (Å²) in [5.74, 6) is 0.225. The number of halogens is 5. The van der Waals surface area contributed by atoms with Crippen LogP contribution in [0, 0.1) is 0 Å². The predicted molar refractivity (Wildman–Crippen MR) is 80.7 cm³/mol. The van der Waals surface area contributed by atoms with Crippen LogP contribution in [0.15, 0.2) is 24.4 Å². The number of alkyl halides is 4. The van der Waals surface area contributed by atoms with Crippen molar-refractivity contribution in [2.75, 3.05) is 0 Å². The molecule has 0 bridgehead atoms. The molecular formula is C14H13BrClF3N2. The number of imidazole rings is 1. The summed E-state index contributed by atoms with van der Waals surface area (Å²) in [6, 6.07) is 5.07. The minimum absolute atomic E-state index is 0.157. The van der Waals surface area contributed by atoms with E-state index in [0.29, 0.717) is 15.9 Å². The largest absolute Gasteiger partial charge is 0.434 e. The SMILES string of the molecule is CC(C)n1cc(C(F)(F)F)nc1-c1ccc(CBr)cc1Cl. The van der Waals surface area contributed by atoms with E-state index in [1.165, 1.54) is 4.57 Å². The average Bonchev–Trinajstić information content (AvgIpc) is 2.83. The molecule has 2 nitrogen and oxygen atoms in total. The molecular weight excluding hydrogens is 369 g/mol. The second-order valence-corrected chi connectivity index (χ2v) is 5.86. The van der Waals surface area contributed by atoms with Crippen LogP contribution in [0.2, 0.25) is 5.02 Å². The molecule has 0 saturated carbocycles. The fourth-order valence-electron chi connectivity index (χ4n) is 1.95. The summed E-state index contributed by atoms with van der Waals surface area (Å²) in [6.07, 6.45) is -3.45. The normalized spacial score (nSPS) is 12.2. The fraction of sp³-hybridized carbons (Fsp3) is 0.357. The third kappa shape index (κ3) is 3.43. The second-order valence-electron chi connectivity index (χ2n) is 4.90. The van der Waals surface area contributed by atoms with Crippen LogP contribution in [0.1, 0.15) is 31.1 Å². The summed E-state index contributed by atoms with van der Waals surface area (Å²) in [5.41, 5.74) is 0.528. The van der Waals surface area contributed by atoms with Crippen molar-refractivity contribution in [1.29, 1.82) is 0 Å². The van der Waals surface area contributed by atoms with Crippen LogP contribution in [0.25, 0.3) is 11.4 Å². The van der Waals surface area contributed by atoms with Gasteiger partial charge in [0.25, 0.3) is 0 Å². The molecule has 0 aliphatic carbocycles. The molecule has 0 unspecified atom stereocenters. The Bertz CT molecular complexity index is 650. The van der Waals surface area contributed by atoms with Gasteiger partial charge in [-0.2, -0.15) is 13.2 Å². The van der Waals surface area contributed by atoms with Crippen molar-refractivity contribution in [3.63, 3.8) is 0 Å². The summed E-state index contributed by atoms with van der Waals surface area (Å²) in [6.45, 7) is 3.60. The zero-order valence-corrected chi connectivity index (χ0v) is 13.7. The molecule has 0 N–H and O–H groups in total. The highest BCUT2D eigenvalue weighted by molar-refractivity contribution is 9.08. The average molecular weight is 382 g/mol. The number of aromatic nitrogens is 2. The van der Waals surface area contributed by atoms with Crippen LogP contribution >= 0.6 is 27.5 Å². The smallest absolute Gasteiger partial charge is 0.328 e. The van der Waals surface area contributed by atoms with E-state index in [0.717, 1.165) is 11.8 Å². The summed E-state index contributed by atoms with van der Waals surface area (Å²) < 4.78 is 40.1. The molecule has 0 aliphatic rings. The van der Waals surface area contributed by atoms with Gasteiger partial charge in [0.2, 0.25) is 0 Å². The molecule has 0 atom stereocenters. The van der Waals surface area contributed by atoms with Gasteiger partial charge in [0.1, 0.15) is 5.82 Å². The molecule has 7 heteroatoms. The zero-order chi connectivity index (χ0) is 15.8. The lowest BCUT2D eigenvalue weighted by molar-refractivity contribution is -0.140. The van der Waals surface area contributed by atoms with Crippen molar-refractivity contribution in [1.82, 2.24) is 9.55 Å². The summed E-state index contributed by atoms with van der Waals surface area (Å²) in [7, 11) is 0. The second kappa shape index (κ2) is 6.01. The molecule has 2 aromatic rings. The number of benzene rings is 1. The quantitative estimate of drug-likeness (QED) is 0.624. The summed E-state index contributed by atoms with van der Waals surface area (Å²) in [4.78, 5) is 3.73. The topological polar surface area (TPSA) is 17.8 Å². The maximum atomic E-state index is 12.9. The minimum atomic E-state index is -4.48. The standard InChI is InChI=1S/C14H13BrClF3N2/c1-8(2)21-7-12(14(17,18)19)20-13(21)10-4-3-9(6-15)5-11(10)16/h3-5,7-8H,6H2,1-2H3. The molecule has 2 rings (SSSR count). The van der Waals surface area contributed by atoms with Gasteiger partial charge >= 0.3 is 6.18 Å². The molecule has 1 heterocycles. The van der Waals surface area contributed by atoms with Gasteiger partial charge < -0.3 is 4.57 Å². The molecule has 114 valence electrons. The molecule has 21 heavy (non-hydrogen) atoms. The van der Waals surface area contributed by atoms with E-state index in [4.69, 9.17) is 11.6 Å². The van der Waals surface area contributed by atoms with Gasteiger partial charge in [-0.1, -0.05) is 33.6 Å². The van der Waals surface area contributed by atoms with Gasteiger partial charge in [-0.05, 0) is 31.5 Å². The highest BCUT2D eigenvalue weighted by Crippen LogP contribution is 2.35. The number of nitrogens with zero attached hydrogens (tertiary/aromatic N) is 2. The van der Waals surface area contributed by atoms with E-state index in [2.05, 4.69) is 20.9 Å². The van der Waals surface area contributed by atoms with E-state index >= 15 is 0 Å². The predicted octanol–water partition coefficient (Wildman–Crippen LogP) is 5.70. The monoisotopic (exact) mass is 380 g/mol. The molecule has 1 aromatic carbocycles. The zero-order valence-electron chi connectivity index (χ0n) is 11.4. The van der Waals surface area contributed by atoms with E-state index < -0.39 is 11.9 Å². The van der Waals surface area contributed by atoms with Gasteiger partial charge in [-0.25, -0.2) is 4.98 Å². The van der Waals surface area contributed by atoms with Crippen molar-refractivity contribution < 1.29 is 13.2 Å². The lowest BCUT2D eigenvalue weighted by Crippen LogP contribution is -2.05. The number of hydrogen-bond donors (Lipinski definition) is 0. The Morgan fingerprint density at radius 2 is 2.00 bits per heavy atom. The van der Waals surface area contributed by atoms with E-state index in [1.807, 2.05) is 6.07 Å². The minimum Gasteiger partial charge on any atom is -0.328 e. The Balaban J connectivity index is 2.60. The third-order valence-corrected chi connectivity index (χ3v) is 3.97. The molecule has 0 radical (unpaired) electrons. The van der Waals surface area contributed by atoms with Gasteiger partial charge in [-0.15, -0.1) is 0 Å². The van der Waals surface area contributed by atoms with Crippen LogP contribution in [0.4, 0.5) is 13.2 Å². The first-order chi connectivity index (χ1) is 9.74. The Morgan fingerprint density at radius 3 is 2.48 bits per heavy atom. The van der Waals surface area contributed by atoms with Gasteiger partial charge in [0.15, 0.2) is 5.69 Å². The first-order valence-corrected chi connectivity index (χ1v) is 7.74. The first kappa shape index (κ1) is 16.4. The summed E-state index contributed by atoms with van der Waals surface area (Å²) >= 11 is 9.50. The van der Waals surface area contributed by atoms with Crippen LogP contribution in [0.5, 0.6) is 0 Å². The Labute approximate surface area is 134 Å². The van der Waals surface area contributed by atoms with Crippen molar-refractivity contribution >= 4 is 27.5 Å². The molecule has 0 amide bonds. The van der Waals surface area contributed by atoms with Crippen LogP contribution in [-0.4, -0.2) is 9.55 Å². The molecule has 0 saturated heterocycles. The third-order valence-electron chi connectivity index (χ3n) is 3.01. The Kier molecular flexibility index (Phi) is 4.68. The summed E-state index contributed by atoms with van der Waals surface area (Å²) in [5, 5.41) is 1.01. The van der Waals surface area contributed by atoms with Crippen LogP contribution in [-0.2, 0) is 11.5 Å². The van der Waals surface area contributed by atoms with Crippen molar-refractivity contribution in [3.05, 3.63) is 40.7 Å². The first-order valence-electron chi connectivity index (χ1n) is 6.25. The van der Waals surface area contributed by atoms with Crippen molar-refractivity contribution in [3.8, 4) is 11.4 Å². The van der Waals surface area contributed by atoms with E-state index in [9.17, 15) is 13.2 Å². The molecule has 0 aliphatic heterocycles. The maximum absolute atomic E-state index is 12.9. The molecule has 0 spiro atoms. The van der Waals surface area contributed by atoms with Gasteiger partial charge in [0, 0.05) is 23.1 Å². The van der Waals surface area contributed by atoms with Crippen LogP contribution < -0.4 is 0 Å². The van der Waals surface area contributed by atoms with Crippen molar-refractivity contribution in [2.45, 2.75) is 31.4 Å². The van der Waals surface area contributed by atoms with E-state index in [1.54, 1.807) is 26.0 Å². The Morgan fingerprint density at radius 1 is 1.33 bits per heavy atom. The van der Waals surface area contributed by atoms with Gasteiger partial charge in [0.05, 0.1) is 5.02 Å². The number of hydrogen-bond acceptors (Lipinski definition) is 1. The molecule has 0 fully saturated rings. The number of rotatable bonds is 3.